The highest BCUT2D eigenvalue weighted by Gasteiger charge is 2.38. The van der Waals surface area contributed by atoms with Crippen molar-refractivity contribution >= 4 is 5.69 Å². The van der Waals surface area contributed by atoms with Crippen LogP contribution in [0.4, 0.5) is 5.69 Å². The Morgan fingerprint density at radius 3 is 2.41 bits per heavy atom. The lowest BCUT2D eigenvalue weighted by atomic mass is 10.0. The van der Waals surface area contributed by atoms with E-state index in [-0.39, 0.29) is 0 Å². The molecule has 2 aliphatic rings. The maximum absolute atomic E-state index is 11.3. The highest BCUT2D eigenvalue weighted by molar-refractivity contribution is 5.46. The quantitative estimate of drug-likeness (QED) is 0.529. The average Bonchev–Trinajstić information content (AvgIpc) is 3.51. The molecule has 0 spiro atoms. The summed E-state index contributed by atoms with van der Waals surface area (Å²) in [7, 11) is 0. The smallest absolute Gasteiger partial charge is 0.119 e. The van der Waals surface area contributed by atoms with Crippen LogP contribution in [-0.4, -0.2) is 82.7 Å². The molecule has 0 radical (unpaired) electrons. The lowest BCUT2D eigenvalue weighted by Crippen LogP contribution is -2.52. The van der Waals surface area contributed by atoms with Gasteiger partial charge in [-0.05, 0) is 42.3 Å². The summed E-state index contributed by atoms with van der Waals surface area (Å²) in [6, 6.07) is 20.9. The Morgan fingerprint density at radius 2 is 1.68 bits per heavy atom. The molecule has 7 heteroatoms. The lowest BCUT2D eigenvalue weighted by Gasteiger charge is -2.39. The summed E-state index contributed by atoms with van der Waals surface area (Å²) in [6.07, 6.45) is 4.55. The molecular formula is C27H35N5O2. The van der Waals surface area contributed by atoms with Gasteiger partial charge in [-0.15, -0.1) is 0 Å². The molecular weight excluding hydrogens is 426 g/mol. The maximum atomic E-state index is 11.3. The van der Waals surface area contributed by atoms with Crippen molar-refractivity contribution in [2.75, 3.05) is 57.3 Å². The first-order chi connectivity index (χ1) is 16.7. The third kappa shape index (κ3) is 5.97. The van der Waals surface area contributed by atoms with Crippen molar-refractivity contribution < 1.29 is 9.84 Å². The summed E-state index contributed by atoms with van der Waals surface area (Å²) in [4.78, 5) is 7.23. The molecule has 0 aliphatic carbocycles. The Bertz CT molecular complexity index is 1000. The molecule has 0 bridgehead atoms. The number of benzene rings is 2. The van der Waals surface area contributed by atoms with Crippen molar-refractivity contribution in [2.45, 2.75) is 25.1 Å². The first-order valence-electron chi connectivity index (χ1n) is 12.3. The summed E-state index contributed by atoms with van der Waals surface area (Å²) in [5.74, 6) is 0.878. The van der Waals surface area contributed by atoms with Gasteiger partial charge >= 0.3 is 0 Å². The van der Waals surface area contributed by atoms with E-state index in [0.717, 1.165) is 71.1 Å². The fraction of sp³-hybridized carbons (Fsp3) is 0.444. The van der Waals surface area contributed by atoms with Crippen LogP contribution >= 0.6 is 0 Å². The van der Waals surface area contributed by atoms with E-state index in [2.05, 4.69) is 62.3 Å². The van der Waals surface area contributed by atoms with E-state index in [1.807, 2.05) is 29.1 Å². The first kappa shape index (κ1) is 22.9. The number of hydrogen-bond acceptors (Lipinski definition) is 6. The third-order valence-corrected chi connectivity index (χ3v) is 6.90. The largest absolute Gasteiger partial charge is 0.492 e. The van der Waals surface area contributed by atoms with Gasteiger partial charge in [-0.2, -0.15) is 5.10 Å². The van der Waals surface area contributed by atoms with Crippen LogP contribution in [0.25, 0.3) is 0 Å². The molecule has 2 saturated heterocycles. The summed E-state index contributed by atoms with van der Waals surface area (Å²) in [5.41, 5.74) is 1.92. The second-order valence-electron chi connectivity index (χ2n) is 9.55. The fourth-order valence-electron chi connectivity index (χ4n) is 5.06. The van der Waals surface area contributed by atoms with Gasteiger partial charge in [0.05, 0.1) is 12.1 Å². The van der Waals surface area contributed by atoms with Crippen molar-refractivity contribution in [1.29, 1.82) is 0 Å². The number of aliphatic hydroxyl groups is 1. The molecule has 5 rings (SSSR count). The third-order valence-electron chi connectivity index (χ3n) is 6.90. The van der Waals surface area contributed by atoms with Crippen LogP contribution in [0.1, 0.15) is 12.0 Å². The maximum Gasteiger partial charge on any atom is 0.119 e. The van der Waals surface area contributed by atoms with Gasteiger partial charge in [0.25, 0.3) is 0 Å². The van der Waals surface area contributed by atoms with Gasteiger partial charge in [-0.3, -0.25) is 14.5 Å². The zero-order valence-corrected chi connectivity index (χ0v) is 19.8. The SMILES string of the molecule is OC1(CN2CCN(c3ccccc3)CC2)CCN(Cc2ccc(OCCn3cccn3)cc2)C1. The average molecular weight is 462 g/mol. The van der Waals surface area contributed by atoms with E-state index in [9.17, 15) is 5.11 Å². The fourth-order valence-corrected chi connectivity index (χ4v) is 5.06. The molecule has 3 aromatic rings. The van der Waals surface area contributed by atoms with Crippen LogP contribution in [0.5, 0.6) is 5.75 Å². The standard InChI is InChI=1S/C27H35N5O2/c33-27(22-29-15-17-31(18-16-29)25-5-2-1-3-6-25)11-14-30(23-27)21-24-7-9-26(10-8-24)34-20-19-32-13-4-12-28-32/h1-10,12-13,33H,11,14-23H2. The summed E-state index contributed by atoms with van der Waals surface area (Å²) in [5, 5.41) is 15.5. The molecule has 1 N–H and O–H groups in total. The topological polar surface area (TPSA) is 57.0 Å². The minimum atomic E-state index is -0.621. The highest BCUT2D eigenvalue weighted by atomic mass is 16.5. The first-order valence-corrected chi connectivity index (χ1v) is 12.3. The number of hydrogen-bond donors (Lipinski definition) is 1. The second kappa shape index (κ2) is 10.6. The van der Waals surface area contributed by atoms with Crippen LogP contribution in [0.15, 0.2) is 73.1 Å². The Labute approximate surface area is 202 Å². The molecule has 7 nitrogen and oxygen atoms in total. The van der Waals surface area contributed by atoms with E-state index in [1.165, 1.54) is 11.3 Å². The van der Waals surface area contributed by atoms with Crippen molar-refractivity contribution in [2.24, 2.45) is 0 Å². The highest BCUT2D eigenvalue weighted by Crippen LogP contribution is 2.26. The normalized spacial score (nSPS) is 21.7. The summed E-state index contributed by atoms with van der Waals surface area (Å²) >= 11 is 0. The van der Waals surface area contributed by atoms with Crippen molar-refractivity contribution in [3.05, 3.63) is 78.6 Å². The number of aromatic nitrogens is 2. The molecule has 0 saturated carbocycles. The number of piperazine rings is 1. The molecule has 2 aliphatic heterocycles. The summed E-state index contributed by atoms with van der Waals surface area (Å²) < 4.78 is 7.70. The van der Waals surface area contributed by atoms with Gasteiger partial charge in [0, 0.05) is 70.4 Å². The van der Waals surface area contributed by atoms with Gasteiger partial charge in [-0.25, -0.2) is 0 Å². The predicted molar refractivity (Wildman–Crippen MR) is 134 cm³/mol. The van der Waals surface area contributed by atoms with Crippen molar-refractivity contribution in [3.8, 4) is 5.75 Å². The van der Waals surface area contributed by atoms with Crippen molar-refractivity contribution in [1.82, 2.24) is 19.6 Å². The zero-order valence-electron chi connectivity index (χ0n) is 19.8. The van der Waals surface area contributed by atoms with E-state index in [0.29, 0.717) is 6.61 Å². The molecule has 2 aromatic carbocycles. The Kier molecular flexibility index (Phi) is 7.13. The van der Waals surface area contributed by atoms with Gasteiger partial charge in [0.1, 0.15) is 12.4 Å². The van der Waals surface area contributed by atoms with Crippen LogP contribution in [0.2, 0.25) is 0 Å². The van der Waals surface area contributed by atoms with Crippen LogP contribution in [0, 0.1) is 0 Å². The Balaban J connectivity index is 1.05. The molecule has 2 fully saturated rings. The number of para-hydroxylation sites is 1. The molecule has 3 heterocycles. The van der Waals surface area contributed by atoms with E-state index >= 15 is 0 Å². The van der Waals surface area contributed by atoms with Crippen LogP contribution in [-0.2, 0) is 13.1 Å². The second-order valence-corrected chi connectivity index (χ2v) is 9.55. The van der Waals surface area contributed by atoms with Gasteiger partial charge in [0.2, 0.25) is 0 Å². The van der Waals surface area contributed by atoms with E-state index in [1.54, 1.807) is 6.20 Å². The number of anilines is 1. The molecule has 34 heavy (non-hydrogen) atoms. The predicted octanol–water partition coefficient (Wildman–Crippen LogP) is 2.72. The molecule has 1 unspecified atom stereocenters. The number of likely N-dealkylation sites (tertiary alicyclic amines) is 1. The van der Waals surface area contributed by atoms with E-state index < -0.39 is 5.60 Å². The van der Waals surface area contributed by atoms with Gasteiger partial charge in [-0.1, -0.05) is 30.3 Å². The summed E-state index contributed by atoms with van der Waals surface area (Å²) in [6.45, 7) is 8.64. The minimum Gasteiger partial charge on any atom is -0.492 e. The lowest BCUT2D eigenvalue weighted by molar-refractivity contribution is 0.00978. The molecule has 1 atom stereocenters. The number of ether oxygens (including phenoxy) is 1. The monoisotopic (exact) mass is 461 g/mol. The number of nitrogens with zero attached hydrogens (tertiary/aromatic N) is 5. The molecule has 180 valence electrons. The minimum absolute atomic E-state index is 0.597. The molecule has 1 aromatic heterocycles. The van der Waals surface area contributed by atoms with Gasteiger partial charge in [0.15, 0.2) is 0 Å². The van der Waals surface area contributed by atoms with Crippen LogP contribution in [0.3, 0.4) is 0 Å². The van der Waals surface area contributed by atoms with E-state index in [4.69, 9.17) is 4.74 Å². The van der Waals surface area contributed by atoms with Crippen molar-refractivity contribution in [3.63, 3.8) is 0 Å². The zero-order chi connectivity index (χ0) is 23.2. The number of β-amino-alcohol motifs (C(OH)–C–C–N with tert-alkyl or cyclic N) is 1. The van der Waals surface area contributed by atoms with Crippen LogP contribution < -0.4 is 9.64 Å². The molecule has 0 amide bonds. The Hall–Kier alpha value is -2.87. The Morgan fingerprint density at radius 1 is 0.882 bits per heavy atom. The van der Waals surface area contributed by atoms with Gasteiger partial charge < -0.3 is 14.7 Å². The number of rotatable bonds is 9.